The van der Waals surface area contributed by atoms with Crippen molar-refractivity contribution in [2.75, 3.05) is 81.6 Å². The van der Waals surface area contributed by atoms with E-state index in [9.17, 15) is 23.6 Å². The van der Waals surface area contributed by atoms with Crippen LogP contribution in [0, 0.1) is 36.4 Å². The predicted octanol–water partition coefficient (Wildman–Crippen LogP) is 17.2. The van der Waals surface area contributed by atoms with Gasteiger partial charge in [-0.25, -0.2) is 58.6 Å². The fourth-order valence-electron chi connectivity index (χ4n) is 17.4. The lowest BCUT2D eigenvalue weighted by molar-refractivity contribution is -0.117. The Morgan fingerprint density at radius 3 is 1.08 bits per heavy atom. The number of nitrogens with one attached hydrogen (secondary N) is 4. The van der Waals surface area contributed by atoms with Gasteiger partial charge in [0.2, 0.25) is 29.7 Å². The first-order valence-electron chi connectivity index (χ1n) is 44.7. The second kappa shape index (κ2) is 36.1. The van der Waals surface area contributed by atoms with Gasteiger partial charge in [-0.2, -0.15) is 19.9 Å². The molecule has 9 aromatic heterocycles. The number of imidazole rings is 4. The second-order valence-electron chi connectivity index (χ2n) is 37.1. The Morgan fingerprint density at radius 1 is 0.392 bits per heavy atom. The van der Waals surface area contributed by atoms with E-state index in [1.807, 2.05) is 133 Å². The number of benzene rings is 3. The maximum atomic E-state index is 13.5. The molecule has 20 rings (SSSR count). The summed E-state index contributed by atoms with van der Waals surface area (Å²) in [6.45, 7) is 25.5. The SMILES string of the molecule is CC(C)[C@H]1CN(C)C(=O)N1c1ccnc(NC2(c3cn(-c4ccc(F)c(Cl)c4)cn3)CC2)n1.CC(C)[C@H]1CN(C)C(=O)N1c1ccnc(NC2(c3cn(-c4cccc(Cl)c4)cn3)CC2)n1.CC(C)c1cccc(-n2cnc(C3(Nc4nccc(N5C(=O)N(C)C[C@@H]5C(C)C)n4)CC3)c2)c1.Cc1ccc(-n2cnc(C3(Nc4nccc(N5C(=O)CC[C@@H]5C(C)C)n4)CC3)c2)cn1. The van der Waals surface area contributed by atoms with E-state index in [2.05, 4.69) is 170 Å². The molecule has 0 unspecified atom stereocenters. The number of likely N-dealkylation sites (N-methyl/N-ethyl adjacent to an activating group) is 3. The summed E-state index contributed by atoms with van der Waals surface area (Å²) in [4.78, 5) is 123. The van der Waals surface area contributed by atoms with E-state index in [1.165, 1.54) is 11.6 Å². The molecule has 0 spiro atoms. The first-order chi connectivity index (χ1) is 62.3. The van der Waals surface area contributed by atoms with Gasteiger partial charge in [0.1, 0.15) is 29.1 Å². The van der Waals surface area contributed by atoms with Crippen molar-refractivity contribution in [2.24, 2.45) is 23.7 Å². The number of rotatable bonds is 25. The molecule has 0 radical (unpaired) electrons. The third-order valence-corrected chi connectivity index (χ3v) is 26.4. The summed E-state index contributed by atoms with van der Waals surface area (Å²) in [5, 5.41) is 14.7. The Labute approximate surface area is 766 Å². The largest absolute Gasteiger partial charge is 0.343 e. The third kappa shape index (κ3) is 18.6. The number of anilines is 8. The van der Waals surface area contributed by atoms with Crippen LogP contribution in [-0.2, 0) is 27.0 Å². The van der Waals surface area contributed by atoms with Gasteiger partial charge in [0.25, 0.3) is 0 Å². The van der Waals surface area contributed by atoms with Gasteiger partial charge in [0.15, 0.2) is 0 Å². The molecule has 8 aliphatic rings. The summed E-state index contributed by atoms with van der Waals surface area (Å²) in [6, 6.07) is 32.3. The van der Waals surface area contributed by atoms with E-state index in [4.69, 9.17) is 43.1 Å². The summed E-state index contributed by atoms with van der Waals surface area (Å²) in [6.07, 6.45) is 32.8. The average Bonchev–Trinajstić information content (AvgIpc) is 1.60. The lowest BCUT2D eigenvalue weighted by Crippen LogP contribution is -2.38. The number of carbonyl (C=O) groups excluding carboxylic acids is 4. The third-order valence-electron chi connectivity index (χ3n) is 25.9. The van der Waals surface area contributed by atoms with Crippen molar-refractivity contribution in [3.05, 3.63) is 234 Å². The molecule has 4 aliphatic heterocycles. The number of hydrogen-bond acceptors (Lipinski definition) is 21. The van der Waals surface area contributed by atoms with E-state index < -0.39 is 5.82 Å². The Hall–Kier alpha value is -13.0. The van der Waals surface area contributed by atoms with Crippen molar-refractivity contribution in [3.63, 3.8) is 0 Å². The molecule has 4 N–H and O–H groups in total. The van der Waals surface area contributed by atoms with Crippen LogP contribution in [-0.4, -0.2) is 187 Å². The summed E-state index contributed by atoms with van der Waals surface area (Å²) >= 11 is 12.1. The molecule has 130 heavy (non-hydrogen) atoms. The number of halogens is 3. The van der Waals surface area contributed by atoms with Crippen LogP contribution < -0.4 is 40.9 Å². The van der Waals surface area contributed by atoms with Crippen molar-refractivity contribution >= 4 is 94.3 Å². The summed E-state index contributed by atoms with van der Waals surface area (Å²) in [5.74, 6) is 6.00. The quantitative estimate of drug-likeness (QED) is 0.0413. The molecule has 4 saturated heterocycles. The topological polar surface area (TPSA) is 326 Å². The minimum atomic E-state index is -0.458. The van der Waals surface area contributed by atoms with Gasteiger partial charge in [-0.1, -0.05) is 111 Å². The summed E-state index contributed by atoms with van der Waals surface area (Å²) in [7, 11) is 5.47. The maximum Gasteiger partial charge on any atom is 0.325 e. The highest BCUT2D eigenvalue weighted by molar-refractivity contribution is 6.31. The number of nitrogens with zero attached hydrogens (tertiary/aromatic N) is 24. The van der Waals surface area contributed by atoms with Crippen LogP contribution in [0.3, 0.4) is 0 Å². The first-order valence-corrected chi connectivity index (χ1v) is 45.4. The number of amides is 7. The van der Waals surface area contributed by atoms with Crippen LogP contribution >= 0.6 is 23.2 Å². The first kappa shape index (κ1) is 89.0. The van der Waals surface area contributed by atoms with Crippen molar-refractivity contribution in [3.8, 4) is 22.7 Å². The molecule has 4 atom stereocenters. The van der Waals surface area contributed by atoms with E-state index in [-0.39, 0.29) is 75.3 Å². The number of carbonyl (C=O) groups is 4. The zero-order valence-electron chi connectivity index (χ0n) is 75.7. The molecule has 12 aromatic rings. The van der Waals surface area contributed by atoms with Gasteiger partial charge in [-0.05, 0) is 185 Å². The van der Waals surface area contributed by atoms with E-state index >= 15 is 0 Å². The molecule has 7 amide bonds. The molecule has 4 saturated carbocycles. The minimum Gasteiger partial charge on any atom is -0.343 e. The zero-order chi connectivity index (χ0) is 91.4. The number of hydrogen-bond donors (Lipinski definition) is 4. The van der Waals surface area contributed by atoms with E-state index in [1.54, 1.807) is 91.1 Å². The van der Waals surface area contributed by atoms with Gasteiger partial charge in [-0.3, -0.25) is 29.4 Å². The highest BCUT2D eigenvalue weighted by Gasteiger charge is 2.52. The Kier molecular flexibility index (Phi) is 24.7. The minimum absolute atomic E-state index is 0.0214. The van der Waals surface area contributed by atoms with E-state index in [0.717, 1.165) is 109 Å². The Balaban J connectivity index is 0.000000122. The molecule has 3 aromatic carbocycles. The molecule has 8 fully saturated rings. The van der Waals surface area contributed by atoms with Crippen LogP contribution in [0.25, 0.3) is 22.7 Å². The van der Waals surface area contributed by atoms with Crippen LogP contribution in [0.2, 0.25) is 10.0 Å². The lowest BCUT2D eigenvalue weighted by Gasteiger charge is -2.27. The molecule has 13 heterocycles. The summed E-state index contributed by atoms with van der Waals surface area (Å²) < 4.78 is 21.3. The van der Waals surface area contributed by atoms with Crippen LogP contribution in [0.4, 0.5) is 65.8 Å². The lowest BCUT2D eigenvalue weighted by atomic mass is 10.0. The monoisotopic (exact) mass is 1800 g/mol. The van der Waals surface area contributed by atoms with Gasteiger partial charge in [-0.15, -0.1) is 0 Å². The second-order valence-corrected chi connectivity index (χ2v) is 37.9. The number of aromatic nitrogens is 17. The predicted molar refractivity (Wildman–Crippen MR) is 500 cm³/mol. The van der Waals surface area contributed by atoms with Gasteiger partial charge in [0.05, 0.1) is 105 Å². The number of urea groups is 3. The molecular formula is C95H111Cl2FN28O4. The van der Waals surface area contributed by atoms with Gasteiger partial charge in [0, 0.05) is 131 Å². The van der Waals surface area contributed by atoms with Crippen LogP contribution in [0.5, 0.6) is 0 Å². The molecule has 676 valence electrons. The zero-order valence-corrected chi connectivity index (χ0v) is 77.2. The number of aryl methyl sites for hydroxylation is 1. The summed E-state index contributed by atoms with van der Waals surface area (Å²) in [5.41, 5.74) is 8.55. The Bertz CT molecular complexity index is 6130. The van der Waals surface area contributed by atoms with Crippen molar-refractivity contribution < 1.29 is 23.6 Å². The highest BCUT2D eigenvalue weighted by Crippen LogP contribution is 2.51. The molecule has 32 nitrogen and oxygen atoms in total. The highest BCUT2D eigenvalue weighted by atomic mass is 35.5. The molecule has 0 bridgehead atoms. The molecule has 4 aliphatic carbocycles. The number of pyridine rings is 1. The average molecular weight is 1800 g/mol. The van der Waals surface area contributed by atoms with Gasteiger partial charge >= 0.3 is 18.1 Å². The maximum absolute atomic E-state index is 13.5. The fraction of sp³-hybridized carbons (Fsp3) is 0.421. The fourth-order valence-corrected chi connectivity index (χ4v) is 17.7. The molecule has 35 heteroatoms. The van der Waals surface area contributed by atoms with E-state index in [0.29, 0.717) is 108 Å². The standard InChI is InChI=1S/C26H33N7O.C23H25ClFN7O.C23H26ClN7O.C23H27N7O/c1-17(2)19-7-6-8-20(13-19)32-15-22(28-16-32)26(10-11-26)30-24-27-12-9-23(29-24)33-21(18(3)4)14-31(5)25(33)34;1-14(2)18-11-30(3)22(33)32(18)20-6-9-26-21(28-20)29-23(7-8-23)19-12-31(13-27-19)15-4-5-17(25)16(24)10-15;1-15(2)18-12-29(3)22(32)31(18)20-7-10-25-21(27-20)28-23(8-9-23)19-13-30(14-26-19)17-6-4-5-16(24)11-17;1-15(2)18-6-7-21(31)30(18)20-8-11-24-22(27-20)28-23(9-10-23)19-13-29(14-26-19)17-5-4-16(3)25-12-17/h6-9,12-13,15-18,21H,10-11,14H2,1-5H3,(H,27,29,30);4-6,9-10,12-14,18H,7-8,11H2,1-3H3,(H,26,28,29);4-7,10-11,13-15,18H,8-9,12H2,1-3H3,(H,25,27,28);4-5,8,11-15,18H,6-7,9-10H2,1-3H3,(H,24,27,28)/t21-;3*18-/m1111/s1. The van der Waals surface area contributed by atoms with Crippen molar-refractivity contribution in [2.45, 2.75) is 193 Å². The van der Waals surface area contributed by atoms with Crippen molar-refractivity contribution in [1.82, 2.24) is 97.8 Å². The smallest absolute Gasteiger partial charge is 0.325 e. The van der Waals surface area contributed by atoms with Crippen LogP contribution in [0.1, 0.15) is 173 Å². The van der Waals surface area contributed by atoms with Crippen LogP contribution in [0.15, 0.2) is 184 Å². The Morgan fingerprint density at radius 2 is 0.738 bits per heavy atom. The normalized spacial score (nSPS) is 19.6. The van der Waals surface area contributed by atoms with Crippen molar-refractivity contribution in [1.29, 1.82) is 0 Å². The van der Waals surface area contributed by atoms with Gasteiger partial charge < -0.3 is 54.2 Å². The molecular weight excluding hydrogens is 1690 g/mol.